The van der Waals surface area contributed by atoms with Crippen LogP contribution in [0.3, 0.4) is 0 Å². The van der Waals surface area contributed by atoms with E-state index in [4.69, 9.17) is 4.74 Å². The number of aryl methyl sites for hydroxylation is 3. The highest BCUT2D eigenvalue weighted by Crippen LogP contribution is 2.28. The van der Waals surface area contributed by atoms with Gasteiger partial charge in [0.05, 0.1) is 5.75 Å². The van der Waals surface area contributed by atoms with Crippen LogP contribution in [-0.2, 0) is 27.2 Å². The van der Waals surface area contributed by atoms with Crippen LogP contribution in [0.15, 0.2) is 41.3 Å². The Kier molecular flexibility index (Phi) is 6.62. The van der Waals surface area contributed by atoms with E-state index in [0.29, 0.717) is 0 Å². The predicted octanol–water partition coefficient (Wildman–Crippen LogP) is 4.36. The van der Waals surface area contributed by atoms with Gasteiger partial charge in [-0.25, -0.2) is 0 Å². The number of nitrogens with zero attached hydrogens (tertiary/aromatic N) is 1. The van der Waals surface area contributed by atoms with Gasteiger partial charge in [-0.15, -0.1) is 11.8 Å². The first-order chi connectivity index (χ1) is 14.6. The summed E-state index contributed by atoms with van der Waals surface area (Å²) in [5.41, 5.74) is 5.76. The van der Waals surface area contributed by atoms with Crippen molar-refractivity contribution in [2.45, 2.75) is 43.9 Å². The molecule has 2 aromatic rings. The summed E-state index contributed by atoms with van der Waals surface area (Å²) in [5, 5.41) is 2.84. The summed E-state index contributed by atoms with van der Waals surface area (Å²) in [7, 11) is 0. The largest absolute Gasteiger partial charge is 0.455 e. The van der Waals surface area contributed by atoms with E-state index >= 15 is 0 Å². The first kappa shape index (κ1) is 20.8. The van der Waals surface area contributed by atoms with Crippen LogP contribution in [0, 0.1) is 6.92 Å². The number of amides is 1. The van der Waals surface area contributed by atoms with Crippen molar-refractivity contribution in [2.75, 3.05) is 35.7 Å². The monoisotopic (exact) mass is 424 g/mol. The number of esters is 1. The third kappa shape index (κ3) is 5.17. The summed E-state index contributed by atoms with van der Waals surface area (Å²) >= 11 is 1.46. The minimum Gasteiger partial charge on any atom is -0.455 e. The van der Waals surface area contributed by atoms with E-state index in [1.807, 2.05) is 19.1 Å². The maximum absolute atomic E-state index is 12.2. The van der Waals surface area contributed by atoms with Crippen molar-refractivity contribution in [1.82, 2.24) is 0 Å². The van der Waals surface area contributed by atoms with Crippen molar-refractivity contribution >= 4 is 35.0 Å². The van der Waals surface area contributed by atoms with Gasteiger partial charge in [-0.05, 0) is 86.1 Å². The molecule has 0 unspecified atom stereocenters. The van der Waals surface area contributed by atoms with Crippen molar-refractivity contribution in [3.63, 3.8) is 0 Å². The SMILES string of the molecule is Cc1cc(N2CCCC2)ccc1NC(=O)COC(=O)CSc1ccc2c(c1)CCC2. The number of carbonyl (C=O) groups excluding carboxylic acids is 2. The highest BCUT2D eigenvalue weighted by molar-refractivity contribution is 8.00. The molecule has 0 radical (unpaired) electrons. The Labute approximate surface area is 182 Å². The fraction of sp³-hybridized carbons (Fsp3) is 0.417. The Morgan fingerprint density at radius 1 is 1.03 bits per heavy atom. The number of thioether (sulfide) groups is 1. The van der Waals surface area contributed by atoms with Gasteiger partial charge in [0.1, 0.15) is 0 Å². The van der Waals surface area contributed by atoms with Crippen LogP contribution in [0.1, 0.15) is 36.0 Å². The molecule has 4 rings (SSSR count). The summed E-state index contributed by atoms with van der Waals surface area (Å²) in [5.74, 6) is -0.491. The molecule has 0 saturated carbocycles. The molecule has 0 atom stereocenters. The van der Waals surface area contributed by atoms with E-state index in [-0.39, 0.29) is 24.2 Å². The minimum atomic E-state index is -0.378. The number of rotatable bonds is 7. The van der Waals surface area contributed by atoms with Crippen LogP contribution in [0.5, 0.6) is 0 Å². The van der Waals surface area contributed by atoms with Gasteiger partial charge >= 0.3 is 5.97 Å². The number of ether oxygens (including phenoxy) is 1. The molecule has 0 spiro atoms. The average molecular weight is 425 g/mol. The molecule has 1 amide bonds. The van der Waals surface area contributed by atoms with Crippen molar-refractivity contribution in [3.05, 3.63) is 53.1 Å². The molecule has 1 fully saturated rings. The first-order valence-corrected chi connectivity index (χ1v) is 11.6. The lowest BCUT2D eigenvalue weighted by Crippen LogP contribution is -2.22. The number of anilines is 2. The molecular formula is C24H28N2O3S. The number of nitrogens with one attached hydrogen (secondary N) is 1. The van der Waals surface area contributed by atoms with E-state index < -0.39 is 0 Å². The molecule has 2 aromatic carbocycles. The summed E-state index contributed by atoms with van der Waals surface area (Å²) in [6.07, 6.45) is 5.94. The lowest BCUT2D eigenvalue weighted by molar-refractivity contribution is -0.144. The topological polar surface area (TPSA) is 58.6 Å². The Morgan fingerprint density at radius 3 is 2.63 bits per heavy atom. The van der Waals surface area contributed by atoms with Gasteiger partial charge in [0.2, 0.25) is 0 Å². The molecule has 1 saturated heterocycles. The normalized spacial score (nSPS) is 15.2. The minimum absolute atomic E-state index is 0.204. The first-order valence-electron chi connectivity index (χ1n) is 10.6. The fourth-order valence-electron chi connectivity index (χ4n) is 4.11. The molecule has 1 N–H and O–H groups in total. The Bertz CT molecular complexity index is 938. The zero-order valence-corrected chi connectivity index (χ0v) is 18.2. The third-order valence-electron chi connectivity index (χ3n) is 5.75. The zero-order valence-electron chi connectivity index (χ0n) is 17.4. The van der Waals surface area contributed by atoms with Gasteiger partial charge in [-0.2, -0.15) is 0 Å². The summed E-state index contributed by atoms with van der Waals surface area (Å²) < 4.78 is 5.16. The quantitative estimate of drug-likeness (QED) is 0.529. The highest BCUT2D eigenvalue weighted by Gasteiger charge is 2.15. The zero-order chi connectivity index (χ0) is 20.9. The average Bonchev–Trinajstić information content (AvgIpc) is 3.43. The van der Waals surface area contributed by atoms with E-state index in [2.05, 4.69) is 34.5 Å². The molecule has 30 heavy (non-hydrogen) atoms. The van der Waals surface area contributed by atoms with Crippen LogP contribution < -0.4 is 10.2 Å². The Morgan fingerprint density at radius 2 is 1.83 bits per heavy atom. The Balaban J connectivity index is 1.22. The second-order valence-electron chi connectivity index (χ2n) is 7.97. The molecule has 1 heterocycles. The summed E-state index contributed by atoms with van der Waals surface area (Å²) in [4.78, 5) is 27.7. The molecule has 6 heteroatoms. The molecule has 1 aliphatic heterocycles. The van der Waals surface area contributed by atoms with E-state index in [1.54, 1.807) is 0 Å². The molecule has 0 aromatic heterocycles. The van der Waals surface area contributed by atoms with Crippen LogP contribution in [0.2, 0.25) is 0 Å². The number of hydrogen-bond donors (Lipinski definition) is 1. The standard InChI is InChI=1S/C24H28N2O3S/c1-17-13-20(26-11-2-3-12-26)8-10-22(17)25-23(27)15-29-24(28)16-30-21-9-7-18-5-4-6-19(18)14-21/h7-10,13-14H,2-6,11-12,15-16H2,1H3,(H,25,27). The number of carbonyl (C=O) groups is 2. The second kappa shape index (κ2) is 9.56. The highest BCUT2D eigenvalue weighted by atomic mass is 32.2. The molecule has 2 aliphatic rings. The fourth-order valence-corrected chi connectivity index (χ4v) is 4.87. The number of fused-ring (bicyclic) bond motifs is 1. The van der Waals surface area contributed by atoms with Crippen LogP contribution in [0.25, 0.3) is 0 Å². The van der Waals surface area contributed by atoms with E-state index in [9.17, 15) is 9.59 Å². The lowest BCUT2D eigenvalue weighted by atomic mass is 10.1. The van der Waals surface area contributed by atoms with Crippen LogP contribution >= 0.6 is 11.8 Å². The molecule has 5 nitrogen and oxygen atoms in total. The van der Waals surface area contributed by atoms with Crippen LogP contribution in [-0.4, -0.2) is 37.3 Å². The van der Waals surface area contributed by atoms with Gasteiger partial charge in [0.25, 0.3) is 5.91 Å². The predicted molar refractivity (Wildman–Crippen MR) is 121 cm³/mol. The maximum atomic E-state index is 12.2. The van der Waals surface area contributed by atoms with Crippen molar-refractivity contribution in [1.29, 1.82) is 0 Å². The van der Waals surface area contributed by atoms with Gasteiger partial charge in [-0.3, -0.25) is 9.59 Å². The van der Waals surface area contributed by atoms with Crippen LogP contribution in [0.4, 0.5) is 11.4 Å². The third-order valence-corrected chi connectivity index (χ3v) is 6.71. The number of benzene rings is 2. The molecular weight excluding hydrogens is 396 g/mol. The second-order valence-corrected chi connectivity index (χ2v) is 9.02. The summed E-state index contributed by atoms with van der Waals surface area (Å²) in [6.45, 7) is 3.89. The summed E-state index contributed by atoms with van der Waals surface area (Å²) in [6, 6.07) is 12.4. The molecule has 0 bridgehead atoms. The Hall–Kier alpha value is -2.47. The lowest BCUT2D eigenvalue weighted by Gasteiger charge is -2.19. The maximum Gasteiger partial charge on any atom is 0.316 e. The van der Waals surface area contributed by atoms with Crippen molar-refractivity contribution < 1.29 is 14.3 Å². The van der Waals surface area contributed by atoms with Crippen molar-refractivity contribution in [3.8, 4) is 0 Å². The molecule has 1 aliphatic carbocycles. The van der Waals surface area contributed by atoms with E-state index in [1.165, 1.54) is 47.8 Å². The van der Waals surface area contributed by atoms with Gasteiger partial charge in [0, 0.05) is 29.4 Å². The molecule has 158 valence electrons. The number of hydrogen-bond acceptors (Lipinski definition) is 5. The van der Waals surface area contributed by atoms with Crippen molar-refractivity contribution in [2.24, 2.45) is 0 Å². The smallest absolute Gasteiger partial charge is 0.316 e. The van der Waals surface area contributed by atoms with E-state index in [0.717, 1.165) is 42.1 Å². The van der Waals surface area contributed by atoms with Gasteiger partial charge in [0.15, 0.2) is 6.61 Å². The van der Waals surface area contributed by atoms with Gasteiger partial charge < -0.3 is 15.0 Å². The van der Waals surface area contributed by atoms with Gasteiger partial charge in [-0.1, -0.05) is 6.07 Å².